The third-order valence-electron chi connectivity index (χ3n) is 1.96. The maximum atomic E-state index is 8.94. The second kappa shape index (κ2) is 5.92. The van der Waals surface area contributed by atoms with Crippen molar-refractivity contribution in [2.75, 3.05) is 37.4 Å². The molecule has 1 aromatic heterocycles. The van der Waals surface area contributed by atoms with Crippen LogP contribution >= 0.6 is 0 Å². The van der Waals surface area contributed by atoms with E-state index in [9.17, 15) is 0 Å². The predicted molar refractivity (Wildman–Crippen MR) is 62.5 cm³/mol. The summed E-state index contributed by atoms with van der Waals surface area (Å²) >= 11 is 0. The van der Waals surface area contributed by atoms with E-state index >= 15 is 0 Å². The summed E-state index contributed by atoms with van der Waals surface area (Å²) in [6.45, 7) is 4.69. The van der Waals surface area contributed by atoms with Gasteiger partial charge in [-0.25, -0.2) is 0 Å². The van der Waals surface area contributed by atoms with E-state index in [-0.39, 0.29) is 12.6 Å². The molecule has 0 aliphatic heterocycles. The van der Waals surface area contributed by atoms with E-state index in [2.05, 4.69) is 16.5 Å². The fourth-order valence-corrected chi connectivity index (χ4v) is 1.27. The summed E-state index contributed by atoms with van der Waals surface area (Å²) in [5.74, 6) is 1.15. The number of ether oxygens (including phenoxy) is 1. The molecule has 0 aliphatic carbocycles. The number of nitrogens with zero attached hydrogens (tertiary/aromatic N) is 3. The molecule has 3 N–H and O–H groups in total. The lowest BCUT2D eigenvalue weighted by atomic mass is 10.4. The van der Waals surface area contributed by atoms with Gasteiger partial charge in [-0.3, -0.25) is 0 Å². The molecule has 0 fully saturated rings. The van der Waals surface area contributed by atoms with Gasteiger partial charge in [0, 0.05) is 19.2 Å². The standard InChI is InChI=1S/C10H16N4O2/c1-3-4-14(5-6-15)8-7-9(16-2)13-10(11)12-8/h3,7,15H,1,4-6H2,2H3,(H2,11,12,13). The summed E-state index contributed by atoms with van der Waals surface area (Å²) in [6.07, 6.45) is 1.72. The molecule has 1 rings (SSSR count). The number of hydrogen-bond acceptors (Lipinski definition) is 6. The number of rotatable bonds is 6. The van der Waals surface area contributed by atoms with Crippen molar-refractivity contribution < 1.29 is 9.84 Å². The Morgan fingerprint density at radius 2 is 2.38 bits per heavy atom. The topological polar surface area (TPSA) is 84.5 Å². The van der Waals surface area contributed by atoms with E-state index < -0.39 is 0 Å². The highest BCUT2D eigenvalue weighted by atomic mass is 16.5. The molecule has 0 spiro atoms. The first-order chi connectivity index (χ1) is 7.71. The Hall–Kier alpha value is -1.82. The van der Waals surface area contributed by atoms with Gasteiger partial charge in [-0.05, 0) is 0 Å². The smallest absolute Gasteiger partial charge is 0.225 e. The summed E-state index contributed by atoms with van der Waals surface area (Å²) < 4.78 is 5.00. The van der Waals surface area contributed by atoms with Crippen LogP contribution in [0.2, 0.25) is 0 Å². The Labute approximate surface area is 94.4 Å². The van der Waals surface area contributed by atoms with Gasteiger partial charge in [0.25, 0.3) is 0 Å². The van der Waals surface area contributed by atoms with Crippen LogP contribution in [0.1, 0.15) is 0 Å². The zero-order valence-corrected chi connectivity index (χ0v) is 9.26. The van der Waals surface area contributed by atoms with Crippen molar-refractivity contribution in [2.24, 2.45) is 0 Å². The average molecular weight is 224 g/mol. The minimum atomic E-state index is 0.0278. The van der Waals surface area contributed by atoms with Crippen LogP contribution in [0.25, 0.3) is 0 Å². The van der Waals surface area contributed by atoms with Crippen LogP contribution in [0.3, 0.4) is 0 Å². The zero-order valence-electron chi connectivity index (χ0n) is 9.26. The van der Waals surface area contributed by atoms with Crippen molar-refractivity contribution in [2.45, 2.75) is 0 Å². The lowest BCUT2D eigenvalue weighted by Crippen LogP contribution is -2.27. The highest BCUT2D eigenvalue weighted by Gasteiger charge is 2.09. The second-order valence-electron chi connectivity index (χ2n) is 3.09. The number of aliphatic hydroxyl groups excluding tert-OH is 1. The Morgan fingerprint density at radius 3 is 2.94 bits per heavy atom. The number of nitrogen functional groups attached to an aromatic ring is 1. The van der Waals surface area contributed by atoms with Crippen molar-refractivity contribution >= 4 is 11.8 Å². The molecule has 0 radical (unpaired) electrons. The maximum absolute atomic E-state index is 8.94. The maximum Gasteiger partial charge on any atom is 0.225 e. The van der Waals surface area contributed by atoms with Crippen LogP contribution in [0.15, 0.2) is 18.7 Å². The first kappa shape index (κ1) is 12.3. The van der Waals surface area contributed by atoms with Gasteiger partial charge < -0.3 is 20.5 Å². The van der Waals surface area contributed by atoms with E-state index in [1.165, 1.54) is 7.11 Å². The van der Waals surface area contributed by atoms with E-state index in [0.29, 0.717) is 24.8 Å². The van der Waals surface area contributed by atoms with E-state index in [1.54, 1.807) is 12.1 Å². The largest absolute Gasteiger partial charge is 0.481 e. The number of aliphatic hydroxyl groups is 1. The van der Waals surface area contributed by atoms with Crippen molar-refractivity contribution in [3.05, 3.63) is 18.7 Å². The zero-order chi connectivity index (χ0) is 12.0. The molecule has 1 heterocycles. The van der Waals surface area contributed by atoms with Crippen molar-refractivity contribution in [1.29, 1.82) is 0 Å². The van der Waals surface area contributed by atoms with Crippen LogP contribution in [0, 0.1) is 0 Å². The van der Waals surface area contributed by atoms with Crippen molar-refractivity contribution in [1.82, 2.24) is 9.97 Å². The van der Waals surface area contributed by atoms with E-state index in [0.717, 1.165) is 0 Å². The van der Waals surface area contributed by atoms with Crippen LogP contribution in [-0.2, 0) is 0 Å². The fourth-order valence-electron chi connectivity index (χ4n) is 1.27. The first-order valence-corrected chi connectivity index (χ1v) is 4.86. The lowest BCUT2D eigenvalue weighted by molar-refractivity contribution is 0.302. The molecule has 0 atom stereocenters. The summed E-state index contributed by atoms with van der Waals surface area (Å²) in [5.41, 5.74) is 5.55. The van der Waals surface area contributed by atoms with Gasteiger partial charge in [0.05, 0.1) is 13.7 Å². The molecule has 0 bridgehead atoms. The van der Waals surface area contributed by atoms with Crippen LogP contribution in [0.4, 0.5) is 11.8 Å². The molecule has 0 aromatic carbocycles. The average Bonchev–Trinajstić information content (AvgIpc) is 2.28. The molecular weight excluding hydrogens is 208 g/mol. The number of hydrogen-bond donors (Lipinski definition) is 2. The van der Waals surface area contributed by atoms with E-state index in [4.69, 9.17) is 15.6 Å². The highest BCUT2D eigenvalue weighted by Crippen LogP contribution is 2.17. The first-order valence-electron chi connectivity index (χ1n) is 4.86. The third kappa shape index (κ3) is 3.09. The van der Waals surface area contributed by atoms with Gasteiger partial charge in [-0.15, -0.1) is 6.58 Å². The van der Waals surface area contributed by atoms with Crippen molar-refractivity contribution in [3.8, 4) is 5.88 Å². The van der Waals surface area contributed by atoms with E-state index in [1.807, 2.05) is 4.90 Å². The second-order valence-corrected chi connectivity index (χ2v) is 3.09. The van der Waals surface area contributed by atoms with Crippen LogP contribution < -0.4 is 15.4 Å². The SMILES string of the molecule is C=CCN(CCO)c1cc(OC)nc(N)n1. The summed E-state index contributed by atoms with van der Waals surface area (Å²) in [5, 5.41) is 8.94. The predicted octanol–water partition coefficient (Wildman–Crippen LogP) is 0.0521. The minimum Gasteiger partial charge on any atom is -0.481 e. The number of anilines is 2. The molecule has 6 nitrogen and oxygen atoms in total. The van der Waals surface area contributed by atoms with Gasteiger partial charge in [-0.1, -0.05) is 6.08 Å². The normalized spacial score (nSPS) is 9.88. The monoisotopic (exact) mass is 224 g/mol. The van der Waals surface area contributed by atoms with Crippen LogP contribution in [0.5, 0.6) is 5.88 Å². The van der Waals surface area contributed by atoms with Gasteiger partial charge >= 0.3 is 0 Å². The number of nitrogens with two attached hydrogens (primary N) is 1. The molecule has 0 saturated carbocycles. The summed E-state index contributed by atoms with van der Waals surface area (Å²) in [4.78, 5) is 9.78. The Balaban J connectivity index is 2.97. The molecule has 6 heteroatoms. The molecule has 0 saturated heterocycles. The minimum absolute atomic E-state index is 0.0278. The summed E-state index contributed by atoms with van der Waals surface area (Å²) in [7, 11) is 1.51. The number of aromatic nitrogens is 2. The summed E-state index contributed by atoms with van der Waals surface area (Å²) in [6, 6.07) is 1.66. The molecule has 1 aromatic rings. The van der Waals surface area contributed by atoms with Gasteiger partial charge in [0.1, 0.15) is 5.82 Å². The molecule has 16 heavy (non-hydrogen) atoms. The Morgan fingerprint density at radius 1 is 1.62 bits per heavy atom. The molecular formula is C10H16N4O2. The van der Waals surface area contributed by atoms with Crippen LogP contribution in [-0.4, -0.2) is 41.9 Å². The highest BCUT2D eigenvalue weighted by molar-refractivity contribution is 5.45. The Kier molecular flexibility index (Phi) is 4.53. The molecule has 0 aliphatic rings. The van der Waals surface area contributed by atoms with Crippen molar-refractivity contribution in [3.63, 3.8) is 0 Å². The third-order valence-corrected chi connectivity index (χ3v) is 1.96. The molecule has 0 amide bonds. The number of methoxy groups -OCH3 is 1. The molecule has 88 valence electrons. The molecule has 0 unspecified atom stereocenters. The fraction of sp³-hybridized carbons (Fsp3) is 0.400. The lowest BCUT2D eigenvalue weighted by Gasteiger charge is -2.21. The quantitative estimate of drug-likeness (QED) is 0.664. The van der Waals surface area contributed by atoms with Gasteiger partial charge in [-0.2, -0.15) is 9.97 Å². The Bertz CT molecular complexity index is 357. The van der Waals surface area contributed by atoms with Gasteiger partial charge in [0.15, 0.2) is 0 Å². The van der Waals surface area contributed by atoms with Gasteiger partial charge in [0.2, 0.25) is 11.8 Å².